The van der Waals surface area contributed by atoms with Crippen molar-refractivity contribution in [1.82, 2.24) is 19.5 Å². The molecule has 11 nitrogen and oxygen atoms in total. The van der Waals surface area contributed by atoms with Crippen molar-refractivity contribution in [3.63, 3.8) is 0 Å². The Hall–Kier alpha value is -2.99. The highest BCUT2D eigenvalue weighted by atomic mass is 16.6. The van der Waals surface area contributed by atoms with Gasteiger partial charge in [0.25, 0.3) is 5.56 Å². The average molecular weight is 390 g/mol. The zero-order valence-electron chi connectivity index (χ0n) is 14.5. The molecule has 0 spiro atoms. The Balaban J connectivity index is 1.80. The van der Waals surface area contributed by atoms with E-state index in [2.05, 4.69) is 15.0 Å². The van der Waals surface area contributed by atoms with E-state index < -0.39 is 42.4 Å². The van der Waals surface area contributed by atoms with E-state index in [-0.39, 0.29) is 23.8 Å². The minimum atomic E-state index is -1.45. The summed E-state index contributed by atoms with van der Waals surface area (Å²) >= 11 is 0. The maximum absolute atomic E-state index is 12.1. The number of benzene rings is 1. The Morgan fingerprint density at radius 1 is 1.14 bits per heavy atom. The van der Waals surface area contributed by atoms with Gasteiger partial charge in [-0.25, -0.2) is 9.36 Å². The van der Waals surface area contributed by atoms with Gasteiger partial charge in [-0.1, -0.05) is 30.3 Å². The van der Waals surface area contributed by atoms with Crippen LogP contribution in [0.3, 0.4) is 0 Å². The molecule has 3 aromatic rings. The van der Waals surface area contributed by atoms with Crippen LogP contribution >= 0.6 is 0 Å². The molecule has 0 aliphatic carbocycles. The van der Waals surface area contributed by atoms with Crippen molar-refractivity contribution in [2.24, 2.45) is 0 Å². The second-order valence-electron chi connectivity index (χ2n) is 6.37. The first-order valence-electron chi connectivity index (χ1n) is 8.53. The van der Waals surface area contributed by atoms with Crippen molar-refractivity contribution in [2.45, 2.75) is 31.1 Å². The number of ether oxygens (including phenoxy) is 2. The number of imidazole rings is 1. The molecule has 1 fully saturated rings. The fourth-order valence-electron chi connectivity index (χ4n) is 3.14. The van der Waals surface area contributed by atoms with E-state index in [9.17, 15) is 24.9 Å². The van der Waals surface area contributed by atoms with Crippen LogP contribution < -0.4 is 16.0 Å². The number of nitrogens with one attached hydrogen (secondary N) is 2. The summed E-state index contributed by atoms with van der Waals surface area (Å²) in [6.07, 6.45) is -5.10. The standard InChI is InChI=1S/C17H18N4O7/c22-6-9-11(23)12(24)15(28-9)21-13-10(14(25)20-16(26)19-13)18-17(21)27-7-8-4-2-1-3-5-8/h1-5,9,11-12,15,22-24H,6-7H2,(H2,19,20,25,26)/t9-,11+,12-,15+/m0/s1. The largest absolute Gasteiger partial charge is 0.460 e. The fourth-order valence-corrected chi connectivity index (χ4v) is 3.14. The molecule has 28 heavy (non-hydrogen) atoms. The molecule has 5 N–H and O–H groups in total. The number of hydrogen-bond donors (Lipinski definition) is 5. The summed E-state index contributed by atoms with van der Waals surface area (Å²) in [5.41, 5.74) is -0.856. The number of nitrogens with zero attached hydrogens (tertiary/aromatic N) is 2. The van der Waals surface area contributed by atoms with Gasteiger partial charge in [-0.2, -0.15) is 4.98 Å². The molecule has 0 bridgehead atoms. The van der Waals surface area contributed by atoms with Crippen LogP contribution in [0.25, 0.3) is 11.2 Å². The van der Waals surface area contributed by atoms with Gasteiger partial charge >= 0.3 is 11.7 Å². The van der Waals surface area contributed by atoms with Gasteiger partial charge in [0.15, 0.2) is 17.4 Å². The summed E-state index contributed by atoms with van der Waals surface area (Å²) in [4.78, 5) is 32.5. The highest BCUT2D eigenvalue weighted by molar-refractivity contribution is 5.71. The van der Waals surface area contributed by atoms with Crippen molar-refractivity contribution in [1.29, 1.82) is 0 Å². The Morgan fingerprint density at radius 3 is 2.57 bits per heavy atom. The first kappa shape index (κ1) is 18.4. The Labute approximate surface area is 156 Å². The van der Waals surface area contributed by atoms with Crippen molar-refractivity contribution < 1.29 is 24.8 Å². The number of aliphatic hydroxyl groups is 3. The van der Waals surface area contributed by atoms with Crippen molar-refractivity contribution in [3.05, 3.63) is 56.7 Å². The molecule has 1 aliphatic heterocycles. The topological polar surface area (TPSA) is 163 Å². The molecule has 4 atom stereocenters. The number of aromatic nitrogens is 4. The molecule has 1 saturated heterocycles. The minimum Gasteiger partial charge on any atom is -0.460 e. The minimum absolute atomic E-state index is 0.0355. The van der Waals surface area contributed by atoms with Crippen LogP contribution in [-0.4, -0.2) is 59.8 Å². The summed E-state index contributed by atoms with van der Waals surface area (Å²) < 4.78 is 12.4. The molecule has 2 aromatic heterocycles. The molecule has 148 valence electrons. The summed E-state index contributed by atoms with van der Waals surface area (Å²) in [7, 11) is 0. The van der Waals surface area contributed by atoms with E-state index in [1.165, 1.54) is 4.57 Å². The SMILES string of the molecule is O=c1[nH]c(=O)c2nc(OCc3ccccc3)n([C@@H]3O[C@@H](CO)[C@@H](O)[C@@H]3O)c2[nH]1. The summed E-state index contributed by atoms with van der Waals surface area (Å²) in [5, 5.41) is 29.8. The third-order valence-corrected chi connectivity index (χ3v) is 4.54. The normalized spacial score (nSPS) is 24.7. The lowest BCUT2D eigenvalue weighted by Gasteiger charge is -2.19. The van der Waals surface area contributed by atoms with E-state index in [0.717, 1.165) is 5.56 Å². The highest BCUT2D eigenvalue weighted by Crippen LogP contribution is 2.34. The summed E-state index contributed by atoms with van der Waals surface area (Å²) in [6, 6.07) is 9.07. The zero-order chi connectivity index (χ0) is 19.8. The highest BCUT2D eigenvalue weighted by Gasteiger charge is 2.45. The first-order valence-corrected chi connectivity index (χ1v) is 8.53. The van der Waals surface area contributed by atoms with E-state index in [0.29, 0.717) is 0 Å². The van der Waals surface area contributed by atoms with Crippen LogP contribution in [0.15, 0.2) is 39.9 Å². The molecular formula is C17H18N4O7. The lowest BCUT2D eigenvalue weighted by atomic mass is 10.1. The second kappa shape index (κ2) is 7.20. The lowest BCUT2D eigenvalue weighted by molar-refractivity contribution is -0.0545. The van der Waals surface area contributed by atoms with Crippen molar-refractivity contribution in [3.8, 4) is 6.01 Å². The third kappa shape index (κ3) is 3.10. The van der Waals surface area contributed by atoms with Gasteiger partial charge in [0, 0.05) is 0 Å². The molecule has 0 amide bonds. The van der Waals surface area contributed by atoms with E-state index in [4.69, 9.17) is 9.47 Å². The molecular weight excluding hydrogens is 372 g/mol. The Morgan fingerprint density at radius 2 is 1.89 bits per heavy atom. The fraction of sp³-hybridized carbons (Fsp3) is 0.353. The van der Waals surface area contributed by atoms with Gasteiger partial charge in [0.1, 0.15) is 24.9 Å². The van der Waals surface area contributed by atoms with Crippen molar-refractivity contribution >= 4 is 11.2 Å². The number of aliphatic hydroxyl groups excluding tert-OH is 3. The van der Waals surface area contributed by atoms with Gasteiger partial charge in [-0.15, -0.1) is 0 Å². The van der Waals surface area contributed by atoms with Gasteiger partial charge in [0.05, 0.1) is 6.61 Å². The van der Waals surface area contributed by atoms with E-state index in [1.54, 1.807) is 0 Å². The Kier molecular flexibility index (Phi) is 4.73. The molecule has 0 saturated carbocycles. The summed E-state index contributed by atoms with van der Waals surface area (Å²) in [6.45, 7) is -0.431. The van der Waals surface area contributed by atoms with Crippen molar-refractivity contribution in [2.75, 3.05) is 6.61 Å². The van der Waals surface area contributed by atoms with Gasteiger partial charge in [-0.3, -0.25) is 14.8 Å². The van der Waals surface area contributed by atoms with Crippen LogP contribution in [0, 0.1) is 0 Å². The monoisotopic (exact) mass is 390 g/mol. The van der Waals surface area contributed by atoms with Crippen LogP contribution in [0.1, 0.15) is 11.8 Å². The predicted molar refractivity (Wildman–Crippen MR) is 94.8 cm³/mol. The zero-order valence-corrected chi connectivity index (χ0v) is 14.5. The van der Waals surface area contributed by atoms with Crippen LogP contribution in [-0.2, 0) is 11.3 Å². The quantitative estimate of drug-likeness (QED) is 0.355. The Bertz CT molecular complexity index is 1090. The van der Waals surface area contributed by atoms with E-state index in [1.807, 2.05) is 30.3 Å². The molecule has 3 heterocycles. The maximum atomic E-state index is 12.1. The number of aromatic amines is 2. The van der Waals surface area contributed by atoms with Crippen LogP contribution in [0.2, 0.25) is 0 Å². The molecule has 0 radical (unpaired) electrons. The molecule has 1 aliphatic rings. The van der Waals surface area contributed by atoms with Crippen LogP contribution in [0.5, 0.6) is 6.01 Å². The molecule has 0 unspecified atom stereocenters. The van der Waals surface area contributed by atoms with Gasteiger partial charge in [-0.05, 0) is 5.56 Å². The number of fused-ring (bicyclic) bond motifs is 1. The maximum Gasteiger partial charge on any atom is 0.327 e. The smallest absolute Gasteiger partial charge is 0.327 e. The second-order valence-corrected chi connectivity index (χ2v) is 6.37. The van der Waals surface area contributed by atoms with Gasteiger partial charge < -0.3 is 24.8 Å². The number of hydrogen-bond acceptors (Lipinski definition) is 8. The van der Waals surface area contributed by atoms with Crippen LogP contribution in [0.4, 0.5) is 0 Å². The van der Waals surface area contributed by atoms with Gasteiger partial charge in [0.2, 0.25) is 0 Å². The predicted octanol–water partition coefficient (Wildman–Crippen LogP) is -1.40. The first-order chi connectivity index (χ1) is 13.5. The number of H-pyrrole nitrogens is 2. The molecule has 11 heteroatoms. The lowest BCUT2D eigenvalue weighted by Crippen LogP contribution is -2.33. The molecule has 1 aromatic carbocycles. The summed E-state index contributed by atoms with van der Waals surface area (Å²) in [5.74, 6) is 0. The average Bonchev–Trinajstić information content (AvgIpc) is 3.18. The molecule has 4 rings (SSSR count). The number of rotatable bonds is 5. The third-order valence-electron chi connectivity index (χ3n) is 4.54. The van der Waals surface area contributed by atoms with E-state index >= 15 is 0 Å².